The van der Waals surface area contributed by atoms with Crippen LogP contribution in [0.2, 0.25) is 0 Å². The minimum Gasteiger partial charge on any atom is -0.338 e. The van der Waals surface area contributed by atoms with Crippen LogP contribution in [0, 0.1) is 23.2 Å². The molecule has 15 heavy (non-hydrogen) atoms. The maximum Gasteiger partial charge on any atom is 0.224 e. The third-order valence-electron chi connectivity index (χ3n) is 3.69. The van der Waals surface area contributed by atoms with Gasteiger partial charge < -0.3 is 4.90 Å². The minimum absolute atomic E-state index is 0.0604. The quantitative estimate of drug-likeness (QED) is 0.658. The van der Waals surface area contributed by atoms with Gasteiger partial charge in [-0.2, -0.15) is 5.26 Å². The summed E-state index contributed by atoms with van der Waals surface area (Å²) in [5.74, 6) is 0.869. The Balaban J connectivity index is 1.99. The molecule has 2 fully saturated rings. The third-order valence-corrected chi connectivity index (χ3v) is 3.69. The number of carbonyl (C=O) groups excluding carboxylic acids is 1. The van der Waals surface area contributed by atoms with Gasteiger partial charge in [0, 0.05) is 19.0 Å². The highest BCUT2D eigenvalue weighted by atomic mass is 16.2. The molecule has 3 nitrogen and oxygen atoms in total. The Kier molecular flexibility index (Phi) is 2.95. The summed E-state index contributed by atoms with van der Waals surface area (Å²) in [4.78, 5) is 13.7. The van der Waals surface area contributed by atoms with Gasteiger partial charge in [-0.1, -0.05) is 19.8 Å². The van der Waals surface area contributed by atoms with Crippen molar-refractivity contribution in [1.82, 2.24) is 4.90 Å². The van der Waals surface area contributed by atoms with Gasteiger partial charge in [0.05, 0.1) is 12.0 Å². The number of hydrogen-bond donors (Lipinski definition) is 0. The molecule has 0 N–H and O–H groups in total. The molecule has 2 aliphatic rings. The van der Waals surface area contributed by atoms with Crippen LogP contribution in [-0.4, -0.2) is 23.4 Å². The summed E-state index contributed by atoms with van der Waals surface area (Å²) in [5, 5.41) is 8.82. The molecule has 0 aromatic heterocycles. The van der Waals surface area contributed by atoms with Crippen LogP contribution in [0.3, 0.4) is 0 Å². The summed E-state index contributed by atoms with van der Waals surface area (Å²) in [6.45, 7) is 2.93. The van der Waals surface area contributed by atoms with E-state index in [1.54, 1.807) is 0 Å². The van der Waals surface area contributed by atoms with Crippen LogP contribution >= 0.6 is 0 Å². The summed E-state index contributed by atoms with van der Waals surface area (Å²) in [7, 11) is 0. The van der Waals surface area contributed by atoms with E-state index in [-0.39, 0.29) is 11.8 Å². The van der Waals surface area contributed by atoms with Gasteiger partial charge in [0.2, 0.25) is 5.91 Å². The topological polar surface area (TPSA) is 44.1 Å². The average Bonchev–Trinajstić information content (AvgIpc) is 2.60. The highest BCUT2D eigenvalue weighted by molar-refractivity contribution is 5.79. The molecule has 82 valence electrons. The zero-order chi connectivity index (χ0) is 10.8. The lowest BCUT2D eigenvalue weighted by atomic mass is 9.86. The number of rotatable bonds is 1. The first-order valence-corrected chi connectivity index (χ1v) is 5.89. The number of likely N-dealkylation sites (tertiary alicyclic amines) is 1. The Bertz CT molecular complexity index is 294. The second kappa shape index (κ2) is 4.22. The fraction of sp³-hybridized carbons (Fsp3) is 0.833. The minimum atomic E-state index is -0.0604. The number of nitrogens with zero attached hydrogens (tertiary/aromatic N) is 2. The molecule has 1 heterocycles. The molecule has 1 saturated carbocycles. The van der Waals surface area contributed by atoms with Crippen molar-refractivity contribution >= 4 is 5.91 Å². The third kappa shape index (κ3) is 2.14. The Hall–Kier alpha value is -1.04. The summed E-state index contributed by atoms with van der Waals surface area (Å²) in [6.07, 6.45) is 5.23. The zero-order valence-corrected chi connectivity index (χ0v) is 9.28. The fourth-order valence-corrected chi connectivity index (χ4v) is 2.86. The molecule has 1 aliphatic heterocycles. The molecule has 0 aromatic carbocycles. The molecule has 0 bridgehead atoms. The Labute approximate surface area is 91.1 Å². The van der Waals surface area contributed by atoms with Crippen molar-refractivity contribution in [2.75, 3.05) is 6.54 Å². The normalized spacial score (nSPS) is 36.7. The average molecular weight is 206 g/mol. The van der Waals surface area contributed by atoms with Gasteiger partial charge >= 0.3 is 0 Å². The second-order valence-electron chi connectivity index (χ2n) is 5.00. The maximum absolute atomic E-state index is 11.7. The van der Waals surface area contributed by atoms with Crippen LogP contribution in [0.25, 0.3) is 0 Å². The van der Waals surface area contributed by atoms with Gasteiger partial charge in [0.1, 0.15) is 0 Å². The summed E-state index contributed by atoms with van der Waals surface area (Å²) >= 11 is 0. The van der Waals surface area contributed by atoms with Crippen molar-refractivity contribution in [2.24, 2.45) is 11.8 Å². The van der Waals surface area contributed by atoms with Crippen LogP contribution in [0.4, 0.5) is 0 Å². The number of nitriles is 1. The first-order valence-electron chi connectivity index (χ1n) is 5.89. The van der Waals surface area contributed by atoms with Gasteiger partial charge in [-0.15, -0.1) is 0 Å². The number of carbonyl (C=O) groups is 1. The Morgan fingerprint density at radius 1 is 1.47 bits per heavy atom. The Morgan fingerprint density at radius 3 is 2.87 bits per heavy atom. The molecule has 3 unspecified atom stereocenters. The van der Waals surface area contributed by atoms with E-state index in [2.05, 4.69) is 13.0 Å². The summed E-state index contributed by atoms with van der Waals surface area (Å²) < 4.78 is 0. The second-order valence-corrected chi connectivity index (χ2v) is 5.00. The number of amides is 1. The van der Waals surface area contributed by atoms with Crippen LogP contribution < -0.4 is 0 Å². The SMILES string of the molecule is CC1CCCC(N2CC(C#N)CC2=O)C1. The largest absolute Gasteiger partial charge is 0.338 e. The van der Waals surface area contributed by atoms with E-state index in [4.69, 9.17) is 5.26 Å². The predicted octanol–water partition coefficient (Wildman–Crippen LogP) is 1.94. The van der Waals surface area contributed by atoms with Crippen molar-refractivity contribution in [2.45, 2.75) is 45.1 Å². The molecule has 1 amide bonds. The van der Waals surface area contributed by atoms with Crippen molar-refractivity contribution in [3.05, 3.63) is 0 Å². The lowest BCUT2D eigenvalue weighted by Crippen LogP contribution is -2.39. The highest BCUT2D eigenvalue weighted by Gasteiger charge is 2.35. The molecular formula is C12H18N2O. The standard InChI is InChI=1S/C12H18N2O/c1-9-3-2-4-11(5-9)14-8-10(7-13)6-12(14)15/h9-11H,2-6,8H2,1H3. The number of hydrogen-bond acceptors (Lipinski definition) is 2. The van der Waals surface area contributed by atoms with E-state index < -0.39 is 0 Å². The van der Waals surface area contributed by atoms with Gasteiger partial charge in [0.25, 0.3) is 0 Å². The monoisotopic (exact) mass is 206 g/mol. The summed E-state index contributed by atoms with van der Waals surface area (Å²) in [5.41, 5.74) is 0. The lowest BCUT2D eigenvalue weighted by Gasteiger charge is -2.34. The van der Waals surface area contributed by atoms with Crippen molar-refractivity contribution in [1.29, 1.82) is 5.26 Å². The first kappa shape index (κ1) is 10.5. The zero-order valence-electron chi connectivity index (χ0n) is 9.28. The summed E-state index contributed by atoms with van der Waals surface area (Å²) in [6, 6.07) is 2.63. The van der Waals surface area contributed by atoms with Crippen LogP contribution in [0.15, 0.2) is 0 Å². The predicted molar refractivity (Wildman–Crippen MR) is 56.9 cm³/mol. The van der Waals surface area contributed by atoms with E-state index in [1.807, 2.05) is 4.90 Å². The molecule has 0 aromatic rings. The molecule has 1 aliphatic carbocycles. The van der Waals surface area contributed by atoms with Crippen LogP contribution in [0.5, 0.6) is 0 Å². The van der Waals surface area contributed by atoms with Gasteiger partial charge in [0.15, 0.2) is 0 Å². The van der Waals surface area contributed by atoms with E-state index in [1.165, 1.54) is 12.8 Å². The molecule has 3 heteroatoms. The first-order chi connectivity index (χ1) is 7.20. The molecular weight excluding hydrogens is 188 g/mol. The van der Waals surface area contributed by atoms with E-state index >= 15 is 0 Å². The fourth-order valence-electron chi connectivity index (χ4n) is 2.86. The molecule has 3 atom stereocenters. The maximum atomic E-state index is 11.7. The van der Waals surface area contributed by atoms with Crippen LogP contribution in [-0.2, 0) is 4.79 Å². The van der Waals surface area contributed by atoms with Gasteiger partial charge in [-0.05, 0) is 18.8 Å². The Morgan fingerprint density at radius 2 is 2.27 bits per heavy atom. The highest BCUT2D eigenvalue weighted by Crippen LogP contribution is 2.31. The van der Waals surface area contributed by atoms with Crippen molar-refractivity contribution < 1.29 is 4.79 Å². The van der Waals surface area contributed by atoms with Crippen molar-refractivity contribution in [3.63, 3.8) is 0 Å². The molecule has 2 rings (SSSR count). The van der Waals surface area contributed by atoms with Crippen LogP contribution in [0.1, 0.15) is 39.0 Å². The molecule has 0 spiro atoms. The van der Waals surface area contributed by atoms with E-state index in [9.17, 15) is 4.79 Å². The van der Waals surface area contributed by atoms with Gasteiger partial charge in [-0.25, -0.2) is 0 Å². The molecule has 0 radical (unpaired) electrons. The molecule has 1 saturated heterocycles. The van der Waals surface area contributed by atoms with Gasteiger partial charge in [-0.3, -0.25) is 4.79 Å². The smallest absolute Gasteiger partial charge is 0.224 e. The van der Waals surface area contributed by atoms with Crippen molar-refractivity contribution in [3.8, 4) is 6.07 Å². The van der Waals surface area contributed by atoms with E-state index in [0.717, 1.165) is 18.8 Å². The van der Waals surface area contributed by atoms with E-state index in [0.29, 0.717) is 19.0 Å². The lowest BCUT2D eigenvalue weighted by molar-refractivity contribution is -0.130.